The summed E-state index contributed by atoms with van der Waals surface area (Å²) in [5.74, 6) is 0.471. The van der Waals surface area contributed by atoms with E-state index in [1.807, 2.05) is 18.7 Å². The first-order chi connectivity index (χ1) is 12.5. The molecule has 2 N–H and O–H groups in total. The van der Waals surface area contributed by atoms with E-state index in [9.17, 15) is 4.79 Å². The number of carbonyl (C=O) groups is 1. The number of likely N-dealkylation sites (tertiary alicyclic amines) is 1. The monoisotopic (exact) mass is 466 g/mol. The average molecular weight is 466 g/mol. The zero-order valence-corrected chi connectivity index (χ0v) is 17.8. The highest BCUT2D eigenvalue weighted by molar-refractivity contribution is 14.1. The lowest BCUT2D eigenvalue weighted by Crippen LogP contribution is -2.56. The molecular weight excluding hydrogens is 439 g/mol. The summed E-state index contributed by atoms with van der Waals surface area (Å²) < 4.78 is 1.27. The Bertz CT molecular complexity index is 829. The highest BCUT2D eigenvalue weighted by atomic mass is 127. The number of aromatic amines is 1. The minimum absolute atomic E-state index is 0.0674. The number of likely N-dealkylation sites (N-methyl/N-ethyl adjacent to an activating group) is 1. The normalized spacial score (nSPS) is 25.2. The van der Waals surface area contributed by atoms with Crippen molar-refractivity contribution in [3.05, 3.63) is 33.0 Å². The van der Waals surface area contributed by atoms with Gasteiger partial charge in [0, 0.05) is 48.5 Å². The van der Waals surface area contributed by atoms with Gasteiger partial charge in [-0.2, -0.15) is 0 Å². The molecule has 26 heavy (non-hydrogen) atoms. The fraction of sp³-hybridized carbons (Fsp3) is 0.550. The van der Waals surface area contributed by atoms with E-state index in [4.69, 9.17) is 0 Å². The summed E-state index contributed by atoms with van der Waals surface area (Å²) in [7, 11) is 2.21. The third-order valence-electron chi connectivity index (χ3n) is 6.18. The van der Waals surface area contributed by atoms with Crippen LogP contribution in [0.4, 0.5) is 4.79 Å². The molecule has 1 saturated heterocycles. The van der Waals surface area contributed by atoms with Crippen LogP contribution in [0.5, 0.6) is 0 Å². The van der Waals surface area contributed by atoms with Gasteiger partial charge >= 0.3 is 6.03 Å². The summed E-state index contributed by atoms with van der Waals surface area (Å²) in [6.07, 6.45) is 2.11. The van der Waals surface area contributed by atoms with Gasteiger partial charge in [-0.1, -0.05) is 12.1 Å². The Labute approximate surface area is 168 Å². The van der Waals surface area contributed by atoms with Crippen LogP contribution in [0.25, 0.3) is 10.9 Å². The van der Waals surface area contributed by atoms with Crippen LogP contribution in [-0.2, 0) is 6.42 Å². The van der Waals surface area contributed by atoms with Gasteiger partial charge < -0.3 is 20.1 Å². The lowest BCUT2D eigenvalue weighted by molar-refractivity contribution is 0.124. The van der Waals surface area contributed by atoms with Gasteiger partial charge in [0.05, 0.1) is 3.70 Å². The molecule has 5 nitrogen and oxygen atoms in total. The SMILES string of the molecule is CCN(CC)C(=O)N[C@H]1C[C@@H]2c3cccc4[nH]c(I)c(c34)C[C@H]2N(C)C1. The minimum atomic E-state index is 0.0674. The van der Waals surface area contributed by atoms with Gasteiger partial charge in [-0.25, -0.2) is 4.79 Å². The van der Waals surface area contributed by atoms with E-state index < -0.39 is 0 Å². The topological polar surface area (TPSA) is 51.4 Å². The van der Waals surface area contributed by atoms with E-state index >= 15 is 0 Å². The molecule has 1 aromatic heterocycles. The lowest BCUT2D eigenvalue weighted by Gasteiger charge is -2.46. The number of fused-ring (bicyclic) bond motifs is 2. The van der Waals surface area contributed by atoms with Crippen LogP contribution in [0.1, 0.15) is 37.3 Å². The molecule has 0 radical (unpaired) electrons. The summed E-state index contributed by atoms with van der Waals surface area (Å²) in [6, 6.07) is 7.40. The van der Waals surface area contributed by atoms with Crippen molar-refractivity contribution >= 4 is 39.5 Å². The van der Waals surface area contributed by atoms with E-state index in [1.165, 1.54) is 25.7 Å². The van der Waals surface area contributed by atoms with Crippen molar-refractivity contribution in [2.75, 3.05) is 26.7 Å². The molecule has 1 aliphatic heterocycles. The highest BCUT2D eigenvalue weighted by Crippen LogP contribution is 2.44. The summed E-state index contributed by atoms with van der Waals surface area (Å²) in [4.78, 5) is 20.4. The smallest absolute Gasteiger partial charge is 0.317 e. The first-order valence-corrected chi connectivity index (χ1v) is 10.7. The molecule has 1 aromatic carbocycles. The number of hydrogen-bond acceptors (Lipinski definition) is 2. The quantitative estimate of drug-likeness (QED) is 0.681. The van der Waals surface area contributed by atoms with Gasteiger partial charge in [-0.3, -0.25) is 0 Å². The standard InChI is InChI=1S/C20H27IN4O/c1-4-25(5-2)20(26)22-12-9-14-13-7-6-8-16-18(13)15(19(21)23-16)10-17(14)24(3)11-12/h6-8,12,14,17,23H,4-5,9-11H2,1-3H3,(H,22,26)/t12-,14+,17+/m0/s1. The van der Waals surface area contributed by atoms with Crippen molar-refractivity contribution in [3.63, 3.8) is 0 Å². The van der Waals surface area contributed by atoms with Crippen LogP contribution in [0.15, 0.2) is 18.2 Å². The van der Waals surface area contributed by atoms with Crippen LogP contribution in [-0.4, -0.2) is 59.6 Å². The van der Waals surface area contributed by atoms with E-state index in [-0.39, 0.29) is 12.1 Å². The molecule has 2 aliphatic rings. The Morgan fingerprint density at radius 2 is 2.15 bits per heavy atom. The molecule has 2 heterocycles. The van der Waals surface area contributed by atoms with Gasteiger partial charge in [-0.05, 0) is 73.5 Å². The number of aromatic nitrogens is 1. The van der Waals surface area contributed by atoms with E-state index in [0.29, 0.717) is 12.0 Å². The molecule has 1 fully saturated rings. The Morgan fingerprint density at radius 3 is 2.88 bits per heavy atom. The minimum Gasteiger partial charge on any atom is -0.350 e. The molecule has 0 spiro atoms. The number of nitrogens with zero attached hydrogens (tertiary/aromatic N) is 2. The van der Waals surface area contributed by atoms with Gasteiger partial charge in [-0.15, -0.1) is 0 Å². The van der Waals surface area contributed by atoms with E-state index in [0.717, 1.165) is 32.5 Å². The summed E-state index contributed by atoms with van der Waals surface area (Å²) in [6.45, 7) is 6.48. The molecule has 4 rings (SSSR count). The first kappa shape index (κ1) is 18.1. The zero-order valence-electron chi connectivity index (χ0n) is 15.7. The van der Waals surface area contributed by atoms with Gasteiger partial charge in [0.1, 0.15) is 0 Å². The molecule has 0 bridgehead atoms. The van der Waals surface area contributed by atoms with Crippen molar-refractivity contribution < 1.29 is 4.79 Å². The van der Waals surface area contributed by atoms with E-state index in [2.05, 4.69) is 63.0 Å². The molecular formula is C20H27IN4O. The lowest BCUT2D eigenvalue weighted by atomic mass is 9.74. The fourth-order valence-electron chi connectivity index (χ4n) is 4.87. The third kappa shape index (κ3) is 2.91. The summed E-state index contributed by atoms with van der Waals surface area (Å²) >= 11 is 2.43. The van der Waals surface area contributed by atoms with Gasteiger partial charge in [0.15, 0.2) is 0 Å². The van der Waals surface area contributed by atoms with Crippen molar-refractivity contribution in [2.24, 2.45) is 0 Å². The molecule has 3 atom stereocenters. The predicted molar refractivity (Wildman–Crippen MR) is 114 cm³/mol. The molecule has 2 aromatic rings. The van der Waals surface area contributed by atoms with Crippen LogP contribution >= 0.6 is 22.6 Å². The number of nitrogens with one attached hydrogen (secondary N) is 2. The maximum absolute atomic E-state index is 12.5. The zero-order chi connectivity index (χ0) is 18.4. The number of hydrogen-bond donors (Lipinski definition) is 2. The second-order valence-electron chi connectivity index (χ2n) is 7.56. The first-order valence-electron chi connectivity index (χ1n) is 9.58. The van der Waals surface area contributed by atoms with Crippen LogP contribution in [0.3, 0.4) is 0 Å². The van der Waals surface area contributed by atoms with Crippen molar-refractivity contribution in [2.45, 2.75) is 44.7 Å². The molecule has 2 amide bonds. The molecule has 0 unspecified atom stereocenters. The Morgan fingerprint density at radius 1 is 1.38 bits per heavy atom. The van der Waals surface area contributed by atoms with Crippen LogP contribution in [0, 0.1) is 3.70 Å². The number of urea groups is 1. The Hall–Kier alpha value is -1.28. The molecule has 140 valence electrons. The maximum atomic E-state index is 12.5. The van der Waals surface area contributed by atoms with Crippen LogP contribution < -0.4 is 5.32 Å². The van der Waals surface area contributed by atoms with E-state index in [1.54, 1.807) is 0 Å². The summed E-state index contributed by atoms with van der Waals surface area (Å²) in [5, 5.41) is 4.70. The number of halogens is 1. The van der Waals surface area contributed by atoms with Crippen LogP contribution in [0.2, 0.25) is 0 Å². The highest BCUT2D eigenvalue weighted by Gasteiger charge is 2.40. The molecule has 0 saturated carbocycles. The second kappa shape index (κ2) is 7.03. The average Bonchev–Trinajstić information content (AvgIpc) is 2.94. The Balaban J connectivity index is 1.63. The van der Waals surface area contributed by atoms with Crippen molar-refractivity contribution in [1.29, 1.82) is 0 Å². The maximum Gasteiger partial charge on any atom is 0.317 e. The number of benzene rings is 1. The third-order valence-corrected chi connectivity index (χ3v) is 7.10. The second-order valence-corrected chi connectivity index (χ2v) is 8.64. The predicted octanol–water partition coefficient (Wildman–Crippen LogP) is 3.54. The van der Waals surface area contributed by atoms with Gasteiger partial charge in [0.25, 0.3) is 0 Å². The number of H-pyrrole nitrogens is 1. The van der Waals surface area contributed by atoms with Crippen molar-refractivity contribution in [1.82, 2.24) is 20.1 Å². The number of rotatable bonds is 3. The fourth-order valence-corrected chi connectivity index (χ4v) is 5.65. The number of piperidine rings is 1. The Kier molecular flexibility index (Phi) is 4.90. The number of carbonyl (C=O) groups excluding carboxylic acids is 1. The largest absolute Gasteiger partial charge is 0.350 e. The van der Waals surface area contributed by atoms with Gasteiger partial charge in [0.2, 0.25) is 0 Å². The number of amides is 2. The molecule has 6 heteroatoms. The van der Waals surface area contributed by atoms with Crippen molar-refractivity contribution in [3.8, 4) is 0 Å². The molecule has 1 aliphatic carbocycles. The summed E-state index contributed by atoms with van der Waals surface area (Å²) in [5.41, 5.74) is 4.16.